The topological polar surface area (TPSA) is 49.4 Å². The predicted molar refractivity (Wildman–Crippen MR) is 136 cm³/mol. The number of hydrogen-bond donors (Lipinski definition) is 1. The molecule has 6 heteroatoms. The highest BCUT2D eigenvalue weighted by atomic mass is 32.2. The summed E-state index contributed by atoms with van der Waals surface area (Å²) in [7, 11) is 0. The van der Waals surface area contributed by atoms with Crippen molar-refractivity contribution in [3.63, 3.8) is 0 Å². The zero-order chi connectivity index (χ0) is 23.5. The first-order valence-electron chi connectivity index (χ1n) is 12.2. The molecule has 1 saturated heterocycles. The van der Waals surface area contributed by atoms with E-state index in [9.17, 15) is 14.0 Å². The molecule has 1 heterocycles. The van der Waals surface area contributed by atoms with Gasteiger partial charge in [0.25, 0.3) is 0 Å². The molecule has 0 saturated carbocycles. The number of nitrogens with zero attached hydrogens (tertiary/aromatic N) is 1. The van der Waals surface area contributed by atoms with Gasteiger partial charge in [-0.05, 0) is 48.4 Å². The summed E-state index contributed by atoms with van der Waals surface area (Å²) in [5, 5.41) is 2.82. The fourth-order valence-corrected chi connectivity index (χ4v) is 5.28. The normalized spacial score (nSPS) is 15.8. The fourth-order valence-electron chi connectivity index (χ4n) is 4.10. The largest absolute Gasteiger partial charge is 0.326 e. The van der Waals surface area contributed by atoms with Crippen LogP contribution in [0.25, 0.3) is 0 Å². The van der Waals surface area contributed by atoms with Gasteiger partial charge in [-0.15, -0.1) is 11.8 Å². The van der Waals surface area contributed by atoms with Crippen LogP contribution in [0.1, 0.15) is 82.1 Å². The highest BCUT2D eigenvalue weighted by molar-refractivity contribution is 8.00. The van der Waals surface area contributed by atoms with Gasteiger partial charge in [0.2, 0.25) is 11.8 Å². The van der Waals surface area contributed by atoms with E-state index >= 15 is 0 Å². The molecule has 2 aromatic rings. The van der Waals surface area contributed by atoms with Crippen LogP contribution in [-0.2, 0) is 9.59 Å². The highest BCUT2D eigenvalue weighted by Gasteiger charge is 2.34. The molecule has 0 spiro atoms. The Morgan fingerprint density at radius 3 is 2.18 bits per heavy atom. The van der Waals surface area contributed by atoms with Gasteiger partial charge in [-0.25, -0.2) is 4.39 Å². The quantitative estimate of drug-likeness (QED) is 0.309. The van der Waals surface area contributed by atoms with Gasteiger partial charge < -0.3 is 5.32 Å². The number of thioether (sulfide) groups is 1. The van der Waals surface area contributed by atoms with Crippen LogP contribution < -0.4 is 10.2 Å². The van der Waals surface area contributed by atoms with E-state index in [1.165, 1.54) is 57.1 Å². The van der Waals surface area contributed by atoms with Gasteiger partial charge >= 0.3 is 0 Å². The number of anilines is 2. The van der Waals surface area contributed by atoms with E-state index < -0.39 is 0 Å². The number of carbonyl (C=O) groups excluding carboxylic acids is 2. The Kier molecular flexibility index (Phi) is 10.3. The van der Waals surface area contributed by atoms with Crippen molar-refractivity contribution < 1.29 is 14.0 Å². The van der Waals surface area contributed by atoms with E-state index in [1.807, 2.05) is 24.3 Å². The summed E-state index contributed by atoms with van der Waals surface area (Å²) < 4.78 is 13.3. The highest BCUT2D eigenvalue weighted by Crippen LogP contribution is 2.41. The summed E-state index contributed by atoms with van der Waals surface area (Å²) in [4.78, 5) is 26.4. The van der Waals surface area contributed by atoms with Gasteiger partial charge in [-0.2, -0.15) is 0 Å². The molecule has 2 aromatic carbocycles. The molecule has 3 rings (SSSR count). The Bertz CT molecular complexity index is 886. The van der Waals surface area contributed by atoms with Crippen LogP contribution in [0, 0.1) is 5.82 Å². The molecule has 1 aliphatic rings. The van der Waals surface area contributed by atoms with Crippen LogP contribution in [0.15, 0.2) is 48.5 Å². The first-order chi connectivity index (χ1) is 16.1. The molecule has 1 fully saturated rings. The summed E-state index contributed by atoms with van der Waals surface area (Å²) in [6.45, 7) is 2.24. The summed E-state index contributed by atoms with van der Waals surface area (Å²) in [5.74, 6) is 0.121. The van der Waals surface area contributed by atoms with Gasteiger partial charge in [0.05, 0.1) is 5.75 Å². The second-order valence-electron chi connectivity index (χ2n) is 8.65. The second-order valence-corrected chi connectivity index (χ2v) is 9.72. The van der Waals surface area contributed by atoms with E-state index in [0.29, 0.717) is 17.9 Å². The summed E-state index contributed by atoms with van der Waals surface area (Å²) in [6.07, 6.45) is 11.7. The zero-order valence-corrected chi connectivity index (χ0v) is 20.3. The minimum atomic E-state index is -0.322. The maximum absolute atomic E-state index is 13.3. The number of nitrogens with one attached hydrogen (secondary N) is 1. The summed E-state index contributed by atoms with van der Waals surface area (Å²) in [6, 6.07) is 13.7. The lowest BCUT2D eigenvalue weighted by molar-refractivity contribution is -0.116. The number of halogens is 1. The van der Waals surface area contributed by atoms with Crippen molar-refractivity contribution in [3.05, 3.63) is 59.9 Å². The molecule has 1 atom stereocenters. The number of hydrogen-bond acceptors (Lipinski definition) is 3. The van der Waals surface area contributed by atoms with Crippen molar-refractivity contribution in [1.29, 1.82) is 0 Å². The molecule has 0 aromatic heterocycles. The van der Waals surface area contributed by atoms with Crippen LogP contribution in [0.3, 0.4) is 0 Å². The molecule has 33 heavy (non-hydrogen) atoms. The molecule has 0 radical (unpaired) electrons. The molecule has 1 N–H and O–H groups in total. The monoisotopic (exact) mass is 470 g/mol. The van der Waals surface area contributed by atoms with Crippen molar-refractivity contribution in [2.75, 3.05) is 16.0 Å². The van der Waals surface area contributed by atoms with Crippen LogP contribution in [0.4, 0.5) is 15.8 Å². The van der Waals surface area contributed by atoms with Gasteiger partial charge in [0, 0.05) is 17.8 Å². The molecular weight excluding hydrogens is 435 g/mol. The van der Waals surface area contributed by atoms with Crippen LogP contribution in [0.5, 0.6) is 0 Å². The molecule has 0 aliphatic carbocycles. The first kappa shape index (κ1) is 25.3. The third-order valence-electron chi connectivity index (χ3n) is 5.96. The lowest BCUT2D eigenvalue weighted by atomic mass is 10.1. The standard InChI is InChI=1S/C27H35FN2O2S/c1-2-3-4-5-6-7-8-9-10-11-25(31)29-23-16-12-21(13-17-23)27-30(26(32)20-33-27)24-18-14-22(28)15-19-24/h12-19,27H,2-11,20H2,1H3,(H,29,31)/t27-/m0/s1. The van der Waals surface area contributed by atoms with Gasteiger partial charge in [0.15, 0.2) is 0 Å². The van der Waals surface area contributed by atoms with E-state index in [1.54, 1.807) is 28.8 Å². The average Bonchev–Trinajstić information content (AvgIpc) is 3.20. The lowest BCUT2D eigenvalue weighted by Crippen LogP contribution is -2.27. The number of unbranched alkanes of at least 4 members (excludes halogenated alkanes) is 8. The van der Waals surface area contributed by atoms with Crippen LogP contribution in [-0.4, -0.2) is 17.6 Å². The lowest BCUT2D eigenvalue weighted by Gasteiger charge is -2.24. The third kappa shape index (κ3) is 7.88. The molecule has 0 unspecified atom stereocenters. The Morgan fingerprint density at radius 1 is 0.939 bits per heavy atom. The van der Waals surface area contributed by atoms with Crippen molar-refractivity contribution in [1.82, 2.24) is 0 Å². The first-order valence-corrected chi connectivity index (χ1v) is 13.2. The smallest absolute Gasteiger partial charge is 0.238 e. The number of benzene rings is 2. The Hall–Kier alpha value is -2.34. The zero-order valence-electron chi connectivity index (χ0n) is 19.5. The molecule has 1 aliphatic heterocycles. The Labute approximate surface area is 201 Å². The molecular formula is C27H35FN2O2S. The van der Waals surface area contributed by atoms with E-state index in [2.05, 4.69) is 12.2 Å². The predicted octanol–water partition coefficient (Wildman–Crippen LogP) is 7.46. The fraction of sp³-hybridized carbons (Fsp3) is 0.481. The van der Waals surface area contributed by atoms with E-state index in [4.69, 9.17) is 0 Å². The van der Waals surface area contributed by atoms with Crippen molar-refractivity contribution in [3.8, 4) is 0 Å². The van der Waals surface area contributed by atoms with Gasteiger partial charge in [-0.1, -0.05) is 70.4 Å². The van der Waals surface area contributed by atoms with Crippen molar-refractivity contribution >= 4 is 35.0 Å². The second kappa shape index (κ2) is 13.4. The summed E-state index contributed by atoms with van der Waals surface area (Å²) >= 11 is 1.55. The number of carbonyl (C=O) groups is 2. The van der Waals surface area contributed by atoms with Gasteiger partial charge in [0.1, 0.15) is 11.2 Å². The van der Waals surface area contributed by atoms with E-state index in [-0.39, 0.29) is 23.0 Å². The molecule has 4 nitrogen and oxygen atoms in total. The Morgan fingerprint density at radius 2 is 1.55 bits per heavy atom. The van der Waals surface area contributed by atoms with Crippen LogP contribution >= 0.6 is 11.8 Å². The average molecular weight is 471 g/mol. The summed E-state index contributed by atoms with van der Waals surface area (Å²) in [5.41, 5.74) is 2.43. The minimum Gasteiger partial charge on any atom is -0.326 e. The van der Waals surface area contributed by atoms with Crippen LogP contribution in [0.2, 0.25) is 0 Å². The van der Waals surface area contributed by atoms with Crippen molar-refractivity contribution in [2.24, 2.45) is 0 Å². The van der Waals surface area contributed by atoms with E-state index in [0.717, 1.165) is 24.1 Å². The Balaban J connectivity index is 1.43. The molecule has 178 valence electrons. The van der Waals surface area contributed by atoms with Crippen molar-refractivity contribution in [2.45, 2.75) is 76.5 Å². The van der Waals surface area contributed by atoms with Gasteiger partial charge in [-0.3, -0.25) is 14.5 Å². The molecule has 2 amide bonds. The minimum absolute atomic E-state index is 0.00921. The number of amides is 2. The number of rotatable bonds is 13. The third-order valence-corrected chi connectivity index (χ3v) is 7.17. The molecule has 0 bridgehead atoms. The maximum atomic E-state index is 13.3. The maximum Gasteiger partial charge on any atom is 0.238 e. The SMILES string of the molecule is CCCCCCCCCCCC(=O)Nc1ccc([C@@H]2SCC(=O)N2c2ccc(F)cc2)cc1.